The maximum absolute atomic E-state index is 12.1. The van der Waals surface area contributed by atoms with Crippen LogP contribution in [0.3, 0.4) is 0 Å². The van der Waals surface area contributed by atoms with E-state index in [0.717, 1.165) is 47.4 Å². The second-order valence-electron chi connectivity index (χ2n) is 8.94. The summed E-state index contributed by atoms with van der Waals surface area (Å²) in [6, 6.07) is 13.8. The number of carbonyl (C=O) groups excluding carboxylic acids is 1. The minimum absolute atomic E-state index is 0.304. The molecule has 0 saturated heterocycles. The van der Waals surface area contributed by atoms with Crippen LogP contribution < -0.4 is 20.7 Å². The molecular weight excluding hydrogens is 466 g/mol. The smallest absolute Gasteiger partial charge is 0.247 e. The molecule has 3 N–H and O–H groups in total. The summed E-state index contributed by atoms with van der Waals surface area (Å²) in [4.78, 5) is 23.5. The number of methoxy groups -OCH3 is 1. The van der Waals surface area contributed by atoms with Crippen molar-refractivity contribution in [3.05, 3.63) is 67.5 Å². The summed E-state index contributed by atoms with van der Waals surface area (Å²) >= 11 is 0. The van der Waals surface area contributed by atoms with Crippen molar-refractivity contribution in [1.29, 1.82) is 0 Å². The van der Waals surface area contributed by atoms with Gasteiger partial charge in [-0.25, -0.2) is 9.97 Å². The normalized spacial score (nSPS) is 10.9. The number of benzene rings is 2. The topological polar surface area (TPSA) is 96.3 Å². The van der Waals surface area contributed by atoms with Gasteiger partial charge in [0.2, 0.25) is 11.9 Å². The van der Waals surface area contributed by atoms with Crippen LogP contribution in [0.5, 0.6) is 5.75 Å². The highest BCUT2D eigenvalue weighted by molar-refractivity contribution is 6.02. The van der Waals surface area contributed by atoms with E-state index in [0.29, 0.717) is 23.1 Å². The van der Waals surface area contributed by atoms with Crippen molar-refractivity contribution in [1.82, 2.24) is 19.4 Å². The Balaban J connectivity index is 1.65. The number of hydrogen-bond acceptors (Lipinski definition) is 7. The van der Waals surface area contributed by atoms with Crippen LogP contribution in [-0.4, -0.2) is 59.6 Å². The summed E-state index contributed by atoms with van der Waals surface area (Å²) in [7, 11) is 7.70. The first-order chi connectivity index (χ1) is 17.9. The molecule has 37 heavy (non-hydrogen) atoms. The minimum atomic E-state index is -0.304. The fraction of sp³-hybridized carbons (Fsp3) is 0.250. The summed E-state index contributed by atoms with van der Waals surface area (Å²) in [6.45, 7) is 5.25. The van der Waals surface area contributed by atoms with Crippen LogP contribution in [0.2, 0.25) is 0 Å². The number of ether oxygens (including phenoxy) is 1. The van der Waals surface area contributed by atoms with Gasteiger partial charge in [0.15, 0.2) is 0 Å². The van der Waals surface area contributed by atoms with Gasteiger partial charge in [-0.2, -0.15) is 0 Å². The molecule has 2 aromatic carbocycles. The standard InChI is InChI=1S/C28H33N7O2/c1-6-27(36)31-23-16-24(26(37-5)17-22(23)29-13-9-15-34(2)3)33-28-30-14-12-21(32-28)20-18-35(4)25-11-8-7-10-19(20)25/h6-8,10-12,14,16-18,29H,1,9,13,15H2,2-5H3,(H,31,36)(H,30,32,33). The molecule has 4 rings (SSSR count). The number of hydrogen-bond donors (Lipinski definition) is 3. The van der Waals surface area contributed by atoms with E-state index >= 15 is 0 Å². The number of rotatable bonds is 11. The zero-order valence-electron chi connectivity index (χ0n) is 21.7. The third-order valence-electron chi connectivity index (χ3n) is 5.96. The van der Waals surface area contributed by atoms with Gasteiger partial charge in [0, 0.05) is 48.5 Å². The van der Waals surface area contributed by atoms with Crippen LogP contribution in [-0.2, 0) is 11.8 Å². The number of carbonyl (C=O) groups is 1. The van der Waals surface area contributed by atoms with E-state index in [9.17, 15) is 4.79 Å². The molecule has 4 aromatic rings. The molecule has 0 aliphatic carbocycles. The summed E-state index contributed by atoms with van der Waals surface area (Å²) in [5.74, 6) is 0.698. The highest BCUT2D eigenvalue weighted by Gasteiger charge is 2.15. The third kappa shape index (κ3) is 6.07. The van der Waals surface area contributed by atoms with Gasteiger partial charge in [-0.15, -0.1) is 0 Å². The molecule has 0 fully saturated rings. The van der Waals surface area contributed by atoms with Crippen molar-refractivity contribution >= 4 is 39.8 Å². The minimum Gasteiger partial charge on any atom is -0.494 e. The quantitative estimate of drug-likeness (QED) is 0.200. The zero-order chi connectivity index (χ0) is 26.4. The second kappa shape index (κ2) is 11.6. The molecule has 0 radical (unpaired) electrons. The molecule has 0 saturated carbocycles. The van der Waals surface area contributed by atoms with Crippen LogP contribution in [0, 0.1) is 0 Å². The number of amides is 1. The SMILES string of the molecule is C=CC(=O)Nc1cc(Nc2nccc(-c3cn(C)c4ccccc34)n2)c(OC)cc1NCCCN(C)C. The van der Waals surface area contributed by atoms with Gasteiger partial charge >= 0.3 is 0 Å². The van der Waals surface area contributed by atoms with E-state index in [1.165, 1.54) is 6.08 Å². The van der Waals surface area contributed by atoms with E-state index in [2.05, 4.69) is 55.3 Å². The summed E-state index contributed by atoms with van der Waals surface area (Å²) in [5.41, 5.74) is 4.92. The molecule has 2 aromatic heterocycles. The van der Waals surface area contributed by atoms with Crippen molar-refractivity contribution in [3.63, 3.8) is 0 Å². The van der Waals surface area contributed by atoms with E-state index < -0.39 is 0 Å². The van der Waals surface area contributed by atoms with Gasteiger partial charge in [-0.1, -0.05) is 24.8 Å². The lowest BCUT2D eigenvalue weighted by Crippen LogP contribution is -2.17. The molecule has 0 aliphatic heterocycles. The number of anilines is 4. The summed E-state index contributed by atoms with van der Waals surface area (Å²) in [6.07, 6.45) is 5.97. The second-order valence-corrected chi connectivity index (χ2v) is 8.94. The molecule has 1 amide bonds. The van der Waals surface area contributed by atoms with Gasteiger partial charge in [-0.05, 0) is 51.3 Å². The highest BCUT2D eigenvalue weighted by atomic mass is 16.5. The molecule has 192 valence electrons. The van der Waals surface area contributed by atoms with Crippen LogP contribution in [0.25, 0.3) is 22.2 Å². The lowest BCUT2D eigenvalue weighted by atomic mass is 10.1. The number of aryl methyl sites for hydroxylation is 1. The van der Waals surface area contributed by atoms with E-state index in [-0.39, 0.29) is 5.91 Å². The Morgan fingerprint density at radius 1 is 1.16 bits per heavy atom. The molecule has 0 bridgehead atoms. The monoisotopic (exact) mass is 499 g/mol. The van der Waals surface area contributed by atoms with Crippen molar-refractivity contribution < 1.29 is 9.53 Å². The average molecular weight is 500 g/mol. The molecule has 0 atom stereocenters. The van der Waals surface area contributed by atoms with Crippen LogP contribution in [0.4, 0.5) is 23.0 Å². The first-order valence-electron chi connectivity index (χ1n) is 12.1. The molecule has 9 heteroatoms. The van der Waals surface area contributed by atoms with E-state index in [4.69, 9.17) is 9.72 Å². The first kappa shape index (κ1) is 25.7. The molecule has 0 unspecified atom stereocenters. The van der Waals surface area contributed by atoms with Gasteiger partial charge in [-0.3, -0.25) is 4.79 Å². The average Bonchev–Trinajstić information content (AvgIpc) is 3.24. The molecule has 0 spiro atoms. The molecular formula is C28H33N7O2. The summed E-state index contributed by atoms with van der Waals surface area (Å²) in [5, 5.41) is 10.7. The Hall–Kier alpha value is -4.37. The Labute approximate surface area is 217 Å². The molecule has 2 heterocycles. The third-order valence-corrected chi connectivity index (χ3v) is 5.96. The van der Waals surface area contributed by atoms with Crippen molar-refractivity contribution in [2.75, 3.05) is 50.2 Å². The number of fused-ring (bicyclic) bond motifs is 1. The Morgan fingerprint density at radius 2 is 1.97 bits per heavy atom. The van der Waals surface area contributed by atoms with Crippen LogP contribution >= 0.6 is 0 Å². The Bertz CT molecular complexity index is 1410. The van der Waals surface area contributed by atoms with E-state index in [1.807, 2.05) is 51.5 Å². The van der Waals surface area contributed by atoms with Gasteiger partial charge in [0.05, 0.1) is 29.9 Å². The van der Waals surface area contributed by atoms with Crippen molar-refractivity contribution in [3.8, 4) is 17.0 Å². The van der Waals surface area contributed by atoms with Crippen molar-refractivity contribution in [2.45, 2.75) is 6.42 Å². The zero-order valence-corrected chi connectivity index (χ0v) is 21.7. The van der Waals surface area contributed by atoms with Gasteiger partial charge < -0.3 is 30.2 Å². The lowest BCUT2D eigenvalue weighted by Gasteiger charge is -2.18. The molecule has 9 nitrogen and oxygen atoms in total. The molecule has 0 aliphatic rings. The Morgan fingerprint density at radius 3 is 2.73 bits per heavy atom. The predicted octanol–water partition coefficient (Wildman–Crippen LogP) is 4.88. The fourth-order valence-electron chi connectivity index (χ4n) is 4.13. The van der Waals surface area contributed by atoms with E-state index in [1.54, 1.807) is 13.3 Å². The summed E-state index contributed by atoms with van der Waals surface area (Å²) < 4.78 is 7.75. The number of aromatic nitrogens is 3. The fourth-order valence-corrected chi connectivity index (χ4v) is 4.13. The van der Waals surface area contributed by atoms with Gasteiger partial charge in [0.1, 0.15) is 5.75 Å². The van der Waals surface area contributed by atoms with Crippen molar-refractivity contribution in [2.24, 2.45) is 7.05 Å². The highest BCUT2D eigenvalue weighted by Crippen LogP contribution is 2.37. The number of nitrogens with one attached hydrogen (secondary N) is 3. The first-order valence-corrected chi connectivity index (χ1v) is 12.1. The van der Waals surface area contributed by atoms with Gasteiger partial charge in [0.25, 0.3) is 0 Å². The van der Waals surface area contributed by atoms with Crippen LogP contribution in [0.1, 0.15) is 6.42 Å². The maximum Gasteiger partial charge on any atom is 0.247 e. The van der Waals surface area contributed by atoms with Crippen LogP contribution in [0.15, 0.2) is 67.5 Å². The largest absolute Gasteiger partial charge is 0.494 e. The number of nitrogens with zero attached hydrogens (tertiary/aromatic N) is 4. The lowest BCUT2D eigenvalue weighted by molar-refractivity contribution is -0.111. The predicted molar refractivity (Wildman–Crippen MR) is 151 cm³/mol. The number of para-hydroxylation sites is 1. The Kier molecular flexibility index (Phi) is 8.05. The maximum atomic E-state index is 12.1.